The summed E-state index contributed by atoms with van der Waals surface area (Å²) in [6.07, 6.45) is 2.47. The third-order valence-electron chi connectivity index (χ3n) is 4.82. The van der Waals surface area contributed by atoms with Crippen molar-refractivity contribution in [1.82, 2.24) is 14.7 Å². The van der Waals surface area contributed by atoms with Crippen molar-refractivity contribution in [1.29, 1.82) is 0 Å². The normalized spacial score (nSPS) is 18.1. The zero-order chi connectivity index (χ0) is 17.5. The van der Waals surface area contributed by atoms with Gasteiger partial charge in [-0.1, -0.05) is 25.1 Å². The number of likely N-dealkylation sites (tertiary alicyclic amines) is 1. The molecule has 0 spiro atoms. The second kappa shape index (κ2) is 9.04. The van der Waals surface area contributed by atoms with E-state index < -0.39 is 0 Å². The largest absolute Gasteiger partial charge is 0.496 e. The van der Waals surface area contributed by atoms with E-state index in [0.29, 0.717) is 12.6 Å². The first-order valence-corrected chi connectivity index (χ1v) is 8.83. The first-order chi connectivity index (χ1) is 11.5. The number of ether oxygens (including phenoxy) is 1. The Kier molecular flexibility index (Phi) is 7.06. The van der Waals surface area contributed by atoms with Gasteiger partial charge in [0.2, 0.25) is 5.91 Å². The molecule has 0 radical (unpaired) electrons. The minimum absolute atomic E-state index is 0.144. The molecule has 0 N–H and O–H groups in total. The number of hydrogen-bond acceptors (Lipinski definition) is 4. The third kappa shape index (κ3) is 4.95. The van der Waals surface area contributed by atoms with Crippen LogP contribution in [0.2, 0.25) is 0 Å². The van der Waals surface area contributed by atoms with E-state index >= 15 is 0 Å². The predicted molar refractivity (Wildman–Crippen MR) is 97.2 cm³/mol. The lowest BCUT2D eigenvalue weighted by Gasteiger charge is -2.31. The van der Waals surface area contributed by atoms with Crippen molar-refractivity contribution in [2.75, 3.05) is 47.4 Å². The summed E-state index contributed by atoms with van der Waals surface area (Å²) in [6.45, 7) is 6.57. The topological polar surface area (TPSA) is 36.0 Å². The first kappa shape index (κ1) is 18.7. The third-order valence-corrected chi connectivity index (χ3v) is 4.82. The molecule has 1 atom stereocenters. The maximum atomic E-state index is 12.3. The van der Waals surface area contributed by atoms with Gasteiger partial charge in [-0.2, -0.15) is 0 Å². The van der Waals surface area contributed by atoms with Crippen molar-refractivity contribution in [3.05, 3.63) is 29.8 Å². The summed E-state index contributed by atoms with van der Waals surface area (Å²) < 4.78 is 5.48. The summed E-state index contributed by atoms with van der Waals surface area (Å²) in [6, 6.07) is 8.61. The molecule has 1 saturated heterocycles. The minimum atomic E-state index is 0.144. The van der Waals surface area contributed by atoms with E-state index in [1.54, 1.807) is 12.0 Å². The number of hydrogen-bond donors (Lipinski definition) is 0. The first-order valence-electron chi connectivity index (χ1n) is 8.83. The van der Waals surface area contributed by atoms with Crippen LogP contribution in [0.5, 0.6) is 5.75 Å². The average molecular weight is 333 g/mol. The van der Waals surface area contributed by atoms with E-state index in [1.807, 2.05) is 32.3 Å². The highest BCUT2D eigenvalue weighted by Gasteiger charge is 2.26. The minimum Gasteiger partial charge on any atom is -0.496 e. The van der Waals surface area contributed by atoms with E-state index in [0.717, 1.165) is 30.9 Å². The van der Waals surface area contributed by atoms with Gasteiger partial charge in [0.15, 0.2) is 0 Å². The second-order valence-corrected chi connectivity index (χ2v) is 6.69. The lowest BCUT2D eigenvalue weighted by molar-refractivity contribution is -0.130. The Hall–Kier alpha value is -1.59. The molecule has 1 aliphatic heterocycles. The van der Waals surface area contributed by atoms with Gasteiger partial charge in [-0.05, 0) is 32.0 Å². The molecule has 1 fully saturated rings. The van der Waals surface area contributed by atoms with Gasteiger partial charge in [-0.25, -0.2) is 0 Å². The molecule has 0 saturated carbocycles. The molecule has 1 aliphatic rings. The molecule has 5 nitrogen and oxygen atoms in total. The molecule has 24 heavy (non-hydrogen) atoms. The Labute approximate surface area is 146 Å². The second-order valence-electron chi connectivity index (χ2n) is 6.69. The van der Waals surface area contributed by atoms with Crippen LogP contribution in [0.1, 0.15) is 25.3 Å². The van der Waals surface area contributed by atoms with E-state index in [9.17, 15) is 4.79 Å². The van der Waals surface area contributed by atoms with Crippen LogP contribution in [-0.2, 0) is 11.3 Å². The molecule has 1 unspecified atom stereocenters. The van der Waals surface area contributed by atoms with Crippen molar-refractivity contribution in [3.63, 3.8) is 0 Å². The van der Waals surface area contributed by atoms with Crippen molar-refractivity contribution < 1.29 is 9.53 Å². The highest BCUT2D eigenvalue weighted by atomic mass is 16.5. The summed E-state index contributed by atoms with van der Waals surface area (Å²) in [5.74, 6) is 1.03. The molecule has 2 rings (SSSR count). The molecule has 5 heteroatoms. The Morgan fingerprint density at radius 3 is 2.75 bits per heavy atom. The number of para-hydroxylation sites is 1. The van der Waals surface area contributed by atoms with Crippen molar-refractivity contribution >= 4 is 5.91 Å². The standard InChI is InChI=1S/C19H31N3O2/c1-5-22-12-8-10-17(22)14-21(15-19(23)20(2)3)13-16-9-6-7-11-18(16)24-4/h6-7,9,11,17H,5,8,10,12-15H2,1-4H3. The van der Waals surface area contributed by atoms with Gasteiger partial charge >= 0.3 is 0 Å². The molecular weight excluding hydrogens is 302 g/mol. The molecule has 1 heterocycles. The maximum Gasteiger partial charge on any atom is 0.236 e. The summed E-state index contributed by atoms with van der Waals surface area (Å²) >= 11 is 0. The van der Waals surface area contributed by atoms with Crippen LogP contribution in [0.25, 0.3) is 0 Å². The van der Waals surface area contributed by atoms with Crippen LogP contribution < -0.4 is 4.74 Å². The zero-order valence-corrected chi connectivity index (χ0v) is 15.5. The SMILES string of the molecule is CCN1CCCC1CN(CC(=O)N(C)C)Cc1ccccc1OC. The lowest BCUT2D eigenvalue weighted by Crippen LogP contribution is -2.44. The number of likely N-dealkylation sites (N-methyl/N-ethyl adjacent to an activating group) is 2. The van der Waals surface area contributed by atoms with Gasteiger partial charge in [0.25, 0.3) is 0 Å². The van der Waals surface area contributed by atoms with Gasteiger partial charge in [0, 0.05) is 38.8 Å². The van der Waals surface area contributed by atoms with Gasteiger partial charge in [-0.15, -0.1) is 0 Å². The number of carbonyl (C=O) groups excluding carboxylic acids is 1. The fourth-order valence-electron chi connectivity index (χ4n) is 3.41. The average Bonchev–Trinajstić information content (AvgIpc) is 3.02. The van der Waals surface area contributed by atoms with Crippen molar-refractivity contribution in [2.24, 2.45) is 0 Å². The molecule has 1 amide bonds. The van der Waals surface area contributed by atoms with Gasteiger partial charge in [-0.3, -0.25) is 14.6 Å². The van der Waals surface area contributed by atoms with Crippen LogP contribution >= 0.6 is 0 Å². The molecule has 134 valence electrons. The van der Waals surface area contributed by atoms with E-state index in [1.165, 1.54) is 19.4 Å². The molecule has 1 aromatic rings. The Balaban J connectivity index is 2.11. The number of carbonyl (C=O) groups is 1. The molecular formula is C19H31N3O2. The van der Waals surface area contributed by atoms with Gasteiger partial charge in [0.05, 0.1) is 13.7 Å². The summed E-state index contributed by atoms with van der Waals surface area (Å²) in [4.78, 5) is 18.7. The summed E-state index contributed by atoms with van der Waals surface area (Å²) in [7, 11) is 5.33. The molecule has 1 aromatic carbocycles. The molecule has 0 bridgehead atoms. The van der Waals surface area contributed by atoms with Gasteiger partial charge < -0.3 is 9.64 Å². The molecule has 0 aliphatic carbocycles. The quantitative estimate of drug-likeness (QED) is 0.730. The number of benzene rings is 1. The number of nitrogens with zero attached hydrogens (tertiary/aromatic N) is 3. The van der Waals surface area contributed by atoms with Crippen LogP contribution in [0.3, 0.4) is 0 Å². The fourth-order valence-corrected chi connectivity index (χ4v) is 3.41. The van der Waals surface area contributed by atoms with Gasteiger partial charge in [0.1, 0.15) is 5.75 Å². The van der Waals surface area contributed by atoms with Crippen LogP contribution in [0, 0.1) is 0 Å². The monoisotopic (exact) mass is 333 g/mol. The number of rotatable bonds is 8. The van der Waals surface area contributed by atoms with E-state index in [-0.39, 0.29) is 5.91 Å². The van der Waals surface area contributed by atoms with Crippen molar-refractivity contribution in [2.45, 2.75) is 32.4 Å². The summed E-state index contributed by atoms with van der Waals surface area (Å²) in [5, 5.41) is 0. The van der Waals surface area contributed by atoms with Crippen molar-refractivity contribution in [3.8, 4) is 5.75 Å². The Morgan fingerprint density at radius 1 is 1.33 bits per heavy atom. The van der Waals surface area contributed by atoms with Crippen LogP contribution in [-0.4, -0.2) is 74.0 Å². The summed E-state index contributed by atoms with van der Waals surface area (Å²) in [5.41, 5.74) is 1.13. The number of amides is 1. The highest BCUT2D eigenvalue weighted by molar-refractivity contribution is 5.77. The molecule has 0 aromatic heterocycles. The Bertz CT molecular complexity index is 533. The van der Waals surface area contributed by atoms with Crippen LogP contribution in [0.15, 0.2) is 24.3 Å². The van der Waals surface area contributed by atoms with E-state index in [2.05, 4.69) is 22.8 Å². The Morgan fingerprint density at radius 2 is 2.08 bits per heavy atom. The number of methoxy groups -OCH3 is 1. The predicted octanol–water partition coefficient (Wildman–Crippen LogP) is 2.07. The highest BCUT2D eigenvalue weighted by Crippen LogP contribution is 2.22. The fraction of sp³-hybridized carbons (Fsp3) is 0.632. The zero-order valence-electron chi connectivity index (χ0n) is 15.5. The van der Waals surface area contributed by atoms with Crippen LogP contribution in [0.4, 0.5) is 0 Å². The smallest absolute Gasteiger partial charge is 0.236 e. The van der Waals surface area contributed by atoms with E-state index in [4.69, 9.17) is 4.74 Å². The lowest BCUT2D eigenvalue weighted by atomic mass is 10.1. The maximum absolute atomic E-state index is 12.3.